The maximum atomic E-state index is 12.5. The summed E-state index contributed by atoms with van der Waals surface area (Å²) in [7, 11) is -3.88. The lowest BCUT2D eigenvalue weighted by Crippen LogP contribution is -2.25. The van der Waals surface area contributed by atoms with Gasteiger partial charge in [0, 0.05) is 23.3 Å². The molecule has 3 aromatic rings. The average Bonchev–Trinajstić information content (AvgIpc) is 3.07. The third-order valence-electron chi connectivity index (χ3n) is 3.19. The molecule has 1 aromatic carbocycles. The monoisotopic (exact) mass is 399 g/mol. The molecule has 1 N–H and O–H groups in total. The minimum Gasteiger partial charge on any atom is -0.256 e. The van der Waals surface area contributed by atoms with E-state index in [4.69, 9.17) is 23.2 Å². The van der Waals surface area contributed by atoms with Gasteiger partial charge in [-0.1, -0.05) is 29.3 Å². The third-order valence-corrected chi connectivity index (χ3v) is 6.22. The standard InChI is InChI=1S/C15H11Cl2N3O2S2/c16-11-2-1-3-12(17)15(11)24(21,22)20-8-13-14(19-6-5-18-13)10-4-7-23-9-10/h1-7,9,20H,8H2. The van der Waals surface area contributed by atoms with Crippen molar-refractivity contribution >= 4 is 44.6 Å². The molecule has 0 aliphatic heterocycles. The summed E-state index contributed by atoms with van der Waals surface area (Å²) in [5.41, 5.74) is 2.03. The molecule has 0 aliphatic carbocycles. The first-order chi connectivity index (χ1) is 11.5. The van der Waals surface area contributed by atoms with Crippen LogP contribution < -0.4 is 4.72 Å². The molecule has 0 aliphatic rings. The van der Waals surface area contributed by atoms with Gasteiger partial charge in [-0.2, -0.15) is 11.3 Å². The number of halogens is 2. The summed E-state index contributed by atoms with van der Waals surface area (Å²) in [6.45, 7) is -0.0249. The van der Waals surface area contributed by atoms with E-state index in [1.807, 2.05) is 16.8 Å². The van der Waals surface area contributed by atoms with Crippen LogP contribution in [0.2, 0.25) is 10.0 Å². The van der Waals surface area contributed by atoms with Crippen molar-refractivity contribution in [2.75, 3.05) is 0 Å². The maximum absolute atomic E-state index is 12.5. The van der Waals surface area contributed by atoms with Gasteiger partial charge in [-0.15, -0.1) is 0 Å². The van der Waals surface area contributed by atoms with Gasteiger partial charge in [0.05, 0.1) is 28.0 Å². The number of hydrogen-bond donors (Lipinski definition) is 1. The zero-order valence-electron chi connectivity index (χ0n) is 12.1. The van der Waals surface area contributed by atoms with Crippen molar-refractivity contribution in [3.8, 4) is 11.3 Å². The molecule has 9 heteroatoms. The average molecular weight is 400 g/mol. The summed E-state index contributed by atoms with van der Waals surface area (Å²) in [6, 6.07) is 6.43. The van der Waals surface area contributed by atoms with Gasteiger partial charge >= 0.3 is 0 Å². The second-order valence-electron chi connectivity index (χ2n) is 4.74. The van der Waals surface area contributed by atoms with Crippen LogP contribution >= 0.6 is 34.5 Å². The minimum atomic E-state index is -3.88. The lowest BCUT2D eigenvalue weighted by atomic mass is 10.2. The van der Waals surface area contributed by atoms with Gasteiger partial charge in [0.25, 0.3) is 0 Å². The summed E-state index contributed by atoms with van der Waals surface area (Å²) in [6.07, 6.45) is 3.08. The van der Waals surface area contributed by atoms with Crippen LogP contribution in [0.1, 0.15) is 5.69 Å². The predicted octanol–water partition coefficient (Wildman–Crippen LogP) is 3.99. The fourth-order valence-electron chi connectivity index (χ4n) is 2.11. The molecule has 24 heavy (non-hydrogen) atoms. The smallest absolute Gasteiger partial charge is 0.243 e. The van der Waals surface area contributed by atoms with Crippen molar-refractivity contribution in [3.05, 3.63) is 63.2 Å². The number of aromatic nitrogens is 2. The van der Waals surface area contributed by atoms with Crippen LogP contribution in [0.3, 0.4) is 0 Å². The van der Waals surface area contributed by atoms with Crippen molar-refractivity contribution in [1.82, 2.24) is 14.7 Å². The molecule has 0 atom stereocenters. The van der Waals surface area contributed by atoms with E-state index in [0.29, 0.717) is 11.4 Å². The second-order valence-corrected chi connectivity index (χ2v) is 8.04. The fourth-order valence-corrected chi connectivity index (χ4v) is 4.88. The Labute approximate surface area is 153 Å². The number of nitrogens with zero attached hydrogens (tertiary/aromatic N) is 2. The van der Waals surface area contributed by atoms with Gasteiger partial charge in [-0.05, 0) is 23.6 Å². The van der Waals surface area contributed by atoms with E-state index in [-0.39, 0.29) is 21.5 Å². The van der Waals surface area contributed by atoms with Crippen LogP contribution in [0.15, 0.2) is 52.3 Å². The van der Waals surface area contributed by atoms with Gasteiger partial charge in [0.2, 0.25) is 10.0 Å². The van der Waals surface area contributed by atoms with E-state index < -0.39 is 10.0 Å². The number of nitrogens with one attached hydrogen (secondary N) is 1. The zero-order valence-corrected chi connectivity index (χ0v) is 15.3. The number of benzene rings is 1. The third kappa shape index (κ3) is 3.60. The Balaban J connectivity index is 1.89. The molecular formula is C15H11Cl2N3O2S2. The van der Waals surface area contributed by atoms with Crippen molar-refractivity contribution < 1.29 is 8.42 Å². The highest BCUT2D eigenvalue weighted by Crippen LogP contribution is 2.29. The maximum Gasteiger partial charge on any atom is 0.243 e. The van der Waals surface area contributed by atoms with Gasteiger partial charge in [-0.25, -0.2) is 13.1 Å². The van der Waals surface area contributed by atoms with E-state index in [1.165, 1.54) is 29.7 Å². The SMILES string of the molecule is O=S(=O)(NCc1nccnc1-c1ccsc1)c1c(Cl)cccc1Cl. The van der Waals surface area contributed by atoms with Crippen LogP contribution in [0, 0.1) is 0 Å². The van der Waals surface area contributed by atoms with Gasteiger partial charge < -0.3 is 0 Å². The zero-order chi connectivity index (χ0) is 17.2. The Morgan fingerprint density at radius 1 is 1.08 bits per heavy atom. The molecule has 0 saturated heterocycles. The molecule has 0 radical (unpaired) electrons. The lowest BCUT2D eigenvalue weighted by Gasteiger charge is -2.11. The first-order valence-electron chi connectivity index (χ1n) is 6.75. The molecule has 0 fully saturated rings. The molecule has 0 saturated carbocycles. The first-order valence-corrected chi connectivity index (χ1v) is 9.93. The van der Waals surface area contributed by atoms with Gasteiger partial charge in [0.1, 0.15) is 4.90 Å². The van der Waals surface area contributed by atoms with Crippen LogP contribution in [0.5, 0.6) is 0 Å². The normalized spacial score (nSPS) is 11.6. The summed E-state index contributed by atoms with van der Waals surface area (Å²) in [5, 5.41) is 3.97. The predicted molar refractivity (Wildman–Crippen MR) is 95.8 cm³/mol. The summed E-state index contributed by atoms with van der Waals surface area (Å²) >= 11 is 13.5. The van der Waals surface area contributed by atoms with E-state index in [9.17, 15) is 8.42 Å². The van der Waals surface area contributed by atoms with Crippen LogP contribution in [0.25, 0.3) is 11.3 Å². The molecule has 0 spiro atoms. The van der Waals surface area contributed by atoms with E-state index in [1.54, 1.807) is 12.3 Å². The first kappa shape index (κ1) is 17.3. The van der Waals surface area contributed by atoms with Crippen molar-refractivity contribution in [2.24, 2.45) is 0 Å². The van der Waals surface area contributed by atoms with Crippen LogP contribution in [-0.4, -0.2) is 18.4 Å². The Kier molecular flexibility index (Phi) is 5.17. The largest absolute Gasteiger partial charge is 0.256 e. The van der Waals surface area contributed by atoms with Crippen molar-refractivity contribution in [2.45, 2.75) is 11.4 Å². The Morgan fingerprint density at radius 2 is 1.79 bits per heavy atom. The molecule has 5 nitrogen and oxygen atoms in total. The summed E-state index contributed by atoms with van der Waals surface area (Å²) in [4.78, 5) is 8.37. The van der Waals surface area contributed by atoms with E-state index in [2.05, 4.69) is 14.7 Å². The molecule has 0 amide bonds. The van der Waals surface area contributed by atoms with Crippen molar-refractivity contribution in [1.29, 1.82) is 0 Å². The van der Waals surface area contributed by atoms with Crippen LogP contribution in [0.4, 0.5) is 0 Å². The van der Waals surface area contributed by atoms with Crippen molar-refractivity contribution in [3.63, 3.8) is 0 Å². The highest BCUT2D eigenvalue weighted by molar-refractivity contribution is 7.89. The topological polar surface area (TPSA) is 72.0 Å². The number of thiophene rings is 1. The number of rotatable bonds is 5. The molecule has 0 unspecified atom stereocenters. The quantitative estimate of drug-likeness (QED) is 0.703. The van der Waals surface area contributed by atoms with E-state index >= 15 is 0 Å². The van der Waals surface area contributed by atoms with E-state index in [0.717, 1.165) is 5.56 Å². The Bertz CT molecular complexity index is 940. The minimum absolute atomic E-state index is 0.0249. The fraction of sp³-hybridized carbons (Fsp3) is 0.0667. The lowest BCUT2D eigenvalue weighted by molar-refractivity contribution is 0.580. The van der Waals surface area contributed by atoms with Gasteiger partial charge in [-0.3, -0.25) is 9.97 Å². The van der Waals surface area contributed by atoms with Crippen LogP contribution in [-0.2, 0) is 16.6 Å². The summed E-state index contributed by atoms with van der Waals surface area (Å²) in [5.74, 6) is 0. The van der Waals surface area contributed by atoms with Gasteiger partial charge in [0.15, 0.2) is 0 Å². The highest BCUT2D eigenvalue weighted by Gasteiger charge is 2.22. The Morgan fingerprint density at radius 3 is 2.46 bits per heavy atom. The number of sulfonamides is 1. The molecule has 2 aromatic heterocycles. The molecule has 0 bridgehead atoms. The summed E-state index contributed by atoms with van der Waals surface area (Å²) < 4.78 is 27.5. The second kappa shape index (κ2) is 7.16. The Hall–Kier alpha value is -1.51. The molecular weight excluding hydrogens is 389 g/mol. The molecule has 124 valence electrons. The molecule has 2 heterocycles. The highest BCUT2D eigenvalue weighted by atomic mass is 35.5. The number of hydrogen-bond acceptors (Lipinski definition) is 5. The molecule has 3 rings (SSSR count).